The molecule has 2 aromatic rings. The third-order valence-electron chi connectivity index (χ3n) is 2.33. The van der Waals surface area contributed by atoms with Gasteiger partial charge in [0.2, 0.25) is 5.28 Å². The minimum Gasteiger partial charge on any atom is -0.240 e. The maximum Gasteiger partial charge on any atom is 0.222 e. The van der Waals surface area contributed by atoms with Crippen LogP contribution in [0.25, 0.3) is 17.0 Å². The second kappa shape index (κ2) is 5.82. The van der Waals surface area contributed by atoms with Crippen molar-refractivity contribution in [2.45, 2.75) is 0 Å². The molecule has 0 saturated carbocycles. The van der Waals surface area contributed by atoms with Gasteiger partial charge < -0.3 is 0 Å². The van der Waals surface area contributed by atoms with E-state index >= 15 is 0 Å². The highest BCUT2D eigenvalue weighted by Gasteiger charge is 2.10. The lowest BCUT2D eigenvalue weighted by Crippen LogP contribution is -1.93. The molecule has 0 N–H and O–H groups in total. The summed E-state index contributed by atoms with van der Waals surface area (Å²) in [5, 5.41) is 4.77. The molecule has 4 nitrogen and oxygen atoms in total. The van der Waals surface area contributed by atoms with E-state index in [0.717, 1.165) is 11.3 Å². The number of rotatable bonds is 4. The Labute approximate surface area is 120 Å². The molecular formula is C13H10Cl2N4. The zero-order valence-electron chi connectivity index (χ0n) is 9.92. The number of halogens is 2. The molecule has 0 aliphatic rings. The predicted molar refractivity (Wildman–Crippen MR) is 77.9 cm³/mol. The first-order chi connectivity index (χ1) is 9.15. The Morgan fingerprint density at radius 1 is 1.26 bits per heavy atom. The normalized spacial score (nSPS) is 11.4. The molecule has 0 fully saturated rings. The van der Waals surface area contributed by atoms with Gasteiger partial charge in [0.05, 0.1) is 28.8 Å². The first-order valence-corrected chi connectivity index (χ1v) is 6.10. The molecule has 0 spiro atoms. The van der Waals surface area contributed by atoms with Gasteiger partial charge in [-0.3, -0.25) is 0 Å². The molecule has 0 bridgehead atoms. The van der Waals surface area contributed by atoms with E-state index in [0.29, 0.717) is 10.7 Å². The Balaban J connectivity index is 2.46. The fraction of sp³-hybridized carbons (Fsp3) is 0. The number of hydrogen-bond acceptors (Lipinski definition) is 3. The fourth-order valence-electron chi connectivity index (χ4n) is 1.49. The number of allylic oxidation sites excluding steroid dienone is 4. The van der Waals surface area contributed by atoms with E-state index in [1.165, 1.54) is 6.20 Å². The summed E-state index contributed by atoms with van der Waals surface area (Å²) < 4.78 is 1.65. The highest BCUT2D eigenvalue weighted by atomic mass is 35.5. The summed E-state index contributed by atoms with van der Waals surface area (Å²) in [6.45, 7) is 7.36. The molecule has 0 unspecified atom stereocenters. The third-order valence-corrected chi connectivity index (χ3v) is 2.79. The van der Waals surface area contributed by atoms with Crippen molar-refractivity contribution in [3.05, 3.63) is 60.3 Å². The maximum atomic E-state index is 6.04. The van der Waals surface area contributed by atoms with Gasteiger partial charge >= 0.3 is 0 Å². The Morgan fingerprint density at radius 2 is 2.05 bits per heavy atom. The fourth-order valence-corrected chi connectivity index (χ4v) is 1.83. The molecule has 0 radical (unpaired) electrons. The number of aromatic nitrogens is 4. The van der Waals surface area contributed by atoms with Crippen LogP contribution in [0.3, 0.4) is 0 Å². The smallest absolute Gasteiger partial charge is 0.222 e. The van der Waals surface area contributed by atoms with E-state index in [9.17, 15) is 0 Å². The molecule has 0 atom stereocenters. The first kappa shape index (κ1) is 13.5. The van der Waals surface area contributed by atoms with Gasteiger partial charge in [-0.1, -0.05) is 30.8 Å². The largest absolute Gasteiger partial charge is 0.240 e. The SMILES string of the molecule is C=C/C=C(\C=C)n1cc(-c2nc(Cl)ncc2Cl)cn1. The maximum absolute atomic E-state index is 6.04. The topological polar surface area (TPSA) is 43.6 Å². The summed E-state index contributed by atoms with van der Waals surface area (Å²) >= 11 is 11.8. The Morgan fingerprint density at radius 3 is 2.74 bits per heavy atom. The van der Waals surface area contributed by atoms with Gasteiger partial charge in [0, 0.05) is 11.8 Å². The van der Waals surface area contributed by atoms with Crippen molar-refractivity contribution < 1.29 is 0 Å². The molecular weight excluding hydrogens is 283 g/mol. The second-order valence-corrected chi connectivity index (χ2v) is 4.29. The third kappa shape index (κ3) is 2.92. The average molecular weight is 293 g/mol. The van der Waals surface area contributed by atoms with Crippen molar-refractivity contribution in [3.63, 3.8) is 0 Å². The van der Waals surface area contributed by atoms with E-state index in [1.54, 1.807) is 35.3 Å². The Kier molecular flexibility index (Phi) is 4.14. The van der Waals surface area contributed by atoms with Crippen molar-refractivity contribution in [2.75, 3.05) is 0 Å². The zero-order chi connectivity index (χ0) is 13.8. The van der Waals surface area contributed by atoms with Crippen LogP contribution < -0.4 is 0 Å². The number of hydrogen-bond donors (Lipinski definition) is 0. The first-order valence-electron chi connectivity index (χ1n) is 5.34. The van der Waals surface area contributed by atoms with E-state index in [2.05, 4.69) is 28.2 Å². The highest BCUT2D eigenvalue weighted by Crippen LogP contribution is 2.26. The minimum atomic E-state index is 0.137. The minimum absolute atomic E-state index is 0.137. The highest BCUT2D eigenvalue weighted by molar-refractivity contribution is 6.33. The van der Waals surface area contributed by atoms with Crippen LogP contribution in [-0.4, -0.2) is 19.7 Å². The quantitative estimate of drug-likeness (QED) is 0.635. The molecule has 0 aliphatic carbocycles. The van der Waals surface area contributed by atoms with Crippen LogP contribution >= 0.6 is 23.2 Å². The van der Waals surface area contributed by atoms with E-state index < -0.39 is 0 Å². The summed E-state index contributed by atoms with van der Waals surface area (Å²) in [5.41, 5.74) is 2.07. The summed E-state index contributed by atoms with van der Waals surface area (Å²) in [6, 6.07) is 0. The lowest BCUT2D eigenvalue weighted by molar-refractivity contribution is 0.911. The Bertz CT molecular complexity index is 658. The van der Waals surface area contributed by atoms with Crippen molar-refractivity contribution in [1.82, 2.24) is 19.7 Å². The molecule has 2 heterocycles. The van der Waals surface area contributed by atoms with Crippen LogP contribution in [0.2, 0.25) is 10.3 Å². The molecule has 0 amide bonds. The summed E-state index contributed by atoms with van der Waals surface area (Å²) in [4.78, 5) is 7.90. The van der Waals surface area contributed by atoms with Crippen molar-refractivity contribution in [3.8, 4) is 11.3 Å². The van der Waals surface area contributed by atoms with E-state index in [4.69, 9.17) is 23.2 Å². The molecule has 2 rings (SSSR count). The van der Waals surface area contributed by atoms with Crippen molar-refractivity contribution in [1.29, 1.82) is 0 Å². The van der Waals surface area contributed by atoms with Crippen LogP contribution in [0.15, 0.2) is 50.0 Å². The summed E-state index contributed by atoms with van der Waals surface area (Å²) in [7, 11) is 0. The predicted octanol–water partition coefficient (Wildman–Crippen LogP) is 3.86. The lowest BCUT2D eigenvalue weighted by atomic mass is 10.2. The summed E-state index contributed by atoms with van der Waals surface area (Å²) in [6.07, 6.45) is 10.0. The van der Waals surface area contributed by atoms with Crippen molar-refractivity contribution >= 4 is 28.9 Å². The van der Waals surface area contributed by atoms with Gasteiger partial charge in [0.25, 0.3) is 0 Å². The van der Waals surface area contributed by atoms with Gasteiger partial charge in [-0.15, -0.1) is 0 Å². The second-order valence-electron chi connectivity index (χ2n) is 3.54. The van der Waals surface area contributed by atoms with Crippen LogP contribution in [0.1, 0.15) is 0 Å². The molecule has 19 heavy (non-hydrogen) atoms. The van der Waals surface area contributed by atoms with Gasteiger partial charge in [0.15, 0.2) is 0 Å². The van der Waals surface area contributed by atoms with Gasteiger partial charge in [-0.25, -0.2) is 14.6 Å². The van der Waals surface area contributed by atoms with Crippen LogP contribution in [0.4, 0.5) is 0 Å². The van der Waals surface area contributed by atoms with Crippen LogP contribution in [-0.2, 0) is 0 Å². The monoisotopic (exact) mass is 292 g/mol. The van der Waals surface area contributed by atoms with E-state index in [-0.39, 0.29) is 5.28 Å². The van der Waals surface area contributed by atoms with Gasteiger partial charge in [-0.05, 0) is 23.8 Å². The van der Waals surface area contributed by atoms with Crippen LogP contribution in [0, 0.1) is 0 Å². The van der Waals surface area contributed by atoms with Gasteiger partial charge in [0.1, 0.15) is 0 Å². The molecule has 2 aromatic heterocycles. The van der Waals surface area contributed by atoms with Gasteiger partial charge in [-0.2, -0.15) is 5.10 Å². The van der Waals surface area contributed by atoms with E-state index in [1.807, 2.05) is 0 Å². The summed E-state index contributed by atoms with van der Waals surface area (Å²) in [5.74, 6) is 0. The zero-order valence-corrected chi connectivity index (χ0v) is 11.4. The standard InChI is InChI=1S/C13H10Cl2N4/c1-3-5-10(4-2)19-8-9(6-17-19)12-11(14)7-16-13(15)18-12/h3-8H,1-2H2/b10-5+. The van der Waals surface area contributed by atoms with Crippen LogP contribution in [0.5, 0.6) is 0 Å². The molecule has 0 aliphatic heterocycles. The van der Waals surface area contributed by atoms with Crippen molar-refractivity contribution in [2.24, 2.45) is 0 Å². The average Bonchev–Trinajstić information content (AvgIpc) is 2.88. The molecule has 96 valence electrons. The lowest BCUT2D eigenvalue weighted by Gasteiger charge is -2.01. The molecule has 6 heteroatoms. The molecule has 0 aromatic carbocycles. The Hall–Kier alpha value is -1.91. The molecule has 0 saturated heterocycles. The number of nitrogens with zero attached hydrogens (tertiary/aromatic N) is 4.